The van der Waals surface area contributed by atoms with E-state index in [0.717, 1.165) is 25.0 Å². The van der Waals surface area contributed by atoms with Gasteiger partial charge in [-0.25, -0.2) is 0 Å². The molecule has 1 aromatic carbocycles. The molecule has 1 aliphatic rings. The molecule has 2 nitrogen and oxygen atoms in total. The summed E-state index contributed by atoms with van der Waals surface area (Å²) in [5.41, 5.74) is -0.788. The topological polar surface area (TPSA) is 21.3 Å². The van der Waals surface area contributed by atoms with Crippen LogP contribution in [-0.2, 0) is 12.7 Å². The van der Waals surface area contributed by atoms with Crippen LogP contribution in [-0.4, -0.2) is 12.7 Å². The summed E-state index contributed by atoms with van der Waals surface area (Å²) >= 11 is 0. The Morgan fingerprint density at radius 3 is 2.47 bits per heavy atom. The van der Waals surface area contributed by atoms with Crippen molar-refractivity contribution >= 4 is 0 Å². The summed E-state index contributed by atoms with van der Waals surface area (Å²) in [5, 5.41) is 3.06. The van der Waals surface area contributed by atoms with Gasteiger partial charge in [-0.15, -0.1) is 0 Å². The highest BCUT2D eigenvalue weighted by Crippen LogP contribution is 2.37. The highest BCUT2D eigenvalue weighted by molar-refractivity contribution is 5.39. The Morgan fingerprint density at radius 2 is 1.95 bits per heavy atom. The number of hydrogen-bond acceptors (Lipinski definition) is 2. The van der Waals surface area contributed by atoms with Crippen molar-refractivity contribution in [1.82, 2.24) is 5.32 Å². The van der Waals surface area contributed by atoms with Crippen molar-refractivity contribution in [3.63, 3.8) is 0 Å². The van der Waals surface area contributed by atoms with Gasteiger partial charge in [0.2, 0.25) is 0 Å². The highest BCUT2D eigenvalue weighted by atomic mass is 19.4. The molecule has 0 amide bonds. The molecule has 0 unspecified atom stereocenters. The summed E-state index contributed by atoms with van der Waals surface area (Å²) in [5.74, 6) is -0.849. The van der Waals surface area contributed by atoms with Crippen LogP contribution in [0.5, 0.6) is 5.75 Å². The Hall–Kier alpha value is -1.37. The zero-order valence-corrected chi connectivity index (χ0v) is 9.81. The van der Waals surface area contributed by atoms with Gasteiger partial charge in [-0.1, -0.05) is 6.07 Å². The maximum absolute atomic E-state index is 12.7. The van der Waals surface area contributed by atoms with Gasteiger partial charge in [0, 0.05) is 12.6 Å². The fourth-order valence-corrected chi connectivity index (χ4v) is 1.66. The van der Waals surface area contributed by atoms with Gasteiger partial charge in [0.1, 0.15) is 5.75 Å². The molecule has 0 radical (unpaired) electrons. The van der Waals surface area contributed by atoms with E-state index < -0.39 is 24.1 Å². The van der Waals surface area contributed by atoms with Crippen LogP contribution in [0.15, 0.2) is 18.2 Å². The van der Waals surface area contributed by atoms with Crippen LogP contribution in [0.2, 0.25) is 0 Å². The van der Waals surface area contributed by atoms with Gasteiger partial charge in [-0.2, -0.15) is 22.0 Å². The third kappa shape index (κ3) is 4.05. The predicted octanol–water partition coefficient (Wildman–Crippen LogP) is 3.56. The second-order valence-corrected chi connectivity index (χ2v) is 4.36. The predicted molar refractivity (Wildman–Crippen MR) is 57.9 cm³/mol. The monoisotopic (exact) mass is 281 g/mol. The molecule has 19 heavy (non-hydrogen) atoms. The number of benzene rings is 1. The minimum absolute atomic E-state index is 0.280. The Bertz CT molecular complexity index is 442. The summed E-state index contributed by atoms with van der Waals surface area (Å²) in [6.07, 6.45) is -2.70. The van der Waals surface area contributed by atoms with Crippen LogP contribution in [0.3, 0.4) is 0 Å². The summed E-state index contributed by atoms with van der Waals surface area (Å²) in [6.45, 7) is -3.00. The molecule has 7 heteroatoms. The van der Waals surface area contributed by atoms with E-state index >= 15 is 0 Å². The number of hydrogen-bond donors (Lipinski definition) is 1. The first-order valence-corrected chi connectivity index (χ1v) is 5.74. The molecule has 106 valence electrons. The quantitative estimate of drug-likeness (QED) is 0.833. The molecule has 0 aromatic heterocycles. The average Bonchev–Trinajstić information content (AvgIpc) is 3.09. The molecular formula is C12H12F5NO. The van der Waals surface area contributed by atoms with E-state index in [-0.39, 0.29) is 6.54 Å². The third-order valence-electron chi connectivity index (χ3n) is 2.74. The minimum Gasteiger partial charge on any atom is -0.434 e. The summed E-state index contributed by atoms with van der Waals surface area (Å²) in [6, 6.07) is 3.47. The number of alkyl halides is 5. The maximum Gasteiger partial charge on any atom is 0.419 e. The lowest BCUT2D eigenvalue weighted by molar-refractivity contribution is -0.141. The van der Waals surface area contributed by atoms with Gasteiger partial charge >= 0.3 is 12.8 Å². The molecule has 0 atom stereocenters. The van der Waals surface area contributed by atoms with Crippen LogP contribution in [0.25, 0.3) is 0 Å². The van der Waals surface area contributed by atoms with Crippen LogP contribution in [0.4, 0.5) is 22.0 Å². The third-order valence-corrected chi connectivity index (χ3v) is 2.74. The van der Waals surface area contributed by atoms with E-state index in [9.17, 15) is 22.0 Å². The van der Waals surface area contributed by atoms with Crippen molar-refractivity contribution in [1.29, 1.82) is 0 Å². The van der Waals surface area contributed by atoms with E-state index in [1.807, 2.05) is 0 Å². The molecule has 1 aromatic rings. The van der Waals surface area contributed by atoms with Crippen molar-refractivity contribution in [2.75, 3.05) is 0 Å². The second-order valence-electron chi connectivity index (χ2n) is 4.36. The molecule has 1 aliphatic carbocycles. The molecule has 0 spiro atoms. The van der Waals surface area contributed by atoms with E-state index in [1.165, 1.54) is 6.07 Å². The lowest BCUT2D eigenvalue weighted by Crippen LogP contribution is -2.17. The van der Waals surface area contributed by atoms with E-state index in [2.05, 4.69) is 10.1 Å². The SMILES string of the molecule is FC(F)Oc1ccc(CNC2CC2)cc1C(F)(F)F. The van der Waals surface area contributed by atoms with Crippen molar-refractivity contribution in [2.24, 2.45) is 0 Å². The fraction of sp³-hybridized carbons (Fsp3) is 0.500. The molecule has 0 heterocycles. The molecule has 0 bridgehead atoms. The molecule has 1 fully saturated rings. The molecule has 1 N–H and O–H groups in total. The lowest BCUT2D eigenvalue weighted by Gasteiger charge is -2.15. The Kier molecular flexibility index (Phi) is 3.93. The lowest BCUT2D eigenvalue weighted by atomic mass is 10.1. The molecule has 2 rings (SSSR count). The number of halogens is 5. The molecule has 1 saturated carbocycles. The van der Waals surface area contributed by atoms with Gasteiger partial charge in [0.15, 0.2) is 0 Å². The van der Waals surface area contributed by atoms with Gasteiger partial charge in [0.25, 0.3) is 0 Å². The first kappa shape index (κ1) is 14.0. The number of ether oxygens (including phenoxy) is 1. The number of nitrogens with one attached hydrogen (secondary N) is 1. The zero-order valence-electron chi connectivity index (χ0n) is 9.81. The van der Waals surface area contributed by atoms with Crippen molar-refractivity contribution in [3.05, 3.63) is 29.3 Å². The fourth-order valence-electron chi connectivity index (χ4n) is 1.66. The Labute approximate surface area is 106 Å². The second kappa shape index (κ2) is 5.32. The number of rotatable bonds is 5. The maximum atomic E-state index is 12.7. The summed E-state index contributed by atoms with van der Waals surface area (Å²) in [4.78, 5) is 0. The first-order chi connectivity index (χ1) is 8.86. The van der Waals surface area contributed by atoms with E-state index in [4.69, 9.17) is 0 Å². The largest absolute Gasteiger partial charge is 0.434 e. The summed E-state index contributed by atoms with van der Waals surface area (Å²) < 4.78 is 66.2. The molecule has 0 saturated heterocycles. The highest BCUT2D eigenvalue weighted by Gasteiger charge is 2.35. The zero-order chi connectivity index (χ0) is 14.0. The van der Waals surface area contributed by atoms with E-state index in [1.54, 1.807) is 0 Å². The van der Waals surface area contributed by atoms with Crippen LogP contribution in [0, 0.1) is 0 Å². The Morgan fingerprint density at radius 1 is 1.26 bits per heavy atom. The van der Waals surface area contributed by atoms with Crippen LogP contribution in [0.1, 0.15) is 24.0 Å². The summed E-state index contributed by atoms with van der Waals surface area (Å²) in [7, 11) is 0. The normalized spacial score (nSPS) is 15.9. The first-order valence-electron chi connectivity index (χ1n) is 5.74. The van der Waals surface area contributed by atoms with E-state index in [0.29, 0.717) is 11.6 Å². The van der Waals surface area contributed by atoms with Gasteiger partial charge in [-0.05, 0) is 30.5 Å². The van der Waals surface area contributed by atoms with Gasteiger partial charge < -0.3 is 10.1 Å². The van der Waals surface area contributed by atoms with Crippen molar-refractivity contribution < 1.29 is 26.7 Å². The van der Waals surface area contributed by atoms with Crippen LogP contribution < -0.4 is 10.1 Å². The molecular weight excluding hydrogens is 269 g/mol. The van der Waals surface area contributed by atoms with Crippen molar-refractivity contribution in [2.45, 2.75) is 38.2 Å². The molecule has 0 aliphatic heterocycles. The minimum atomic E-state index is -4.72. The smallest absolute Gasteiger partial charge is 0.419 e. The van der Waals surface area contributed by atoms with Crippen LogP contribution >= 0.6 is 0 Å². The standard InChI is InChI=1S/C12H12F5NO/c13-11(14)19-10-4-1-7(6-18-8-2-3-8)5-9(10)12(15,16)17/h1,4-5,8,11,18H,2-3,6H2. The van der Waals surface area contributed by atoms with Gasteiger partial charge in [0.05, 0.1) is 5.56 Å². The average molecular weight is 281 g/mol. The van der Waals surface area contributed by atoms with Gasteiger partial charge in [-0.3, -0.25) is 0 Å². The van der Waals surface area contributed by atoms with Crippen molar-refractivity contribution in [3.8, 4) is 5.75 Å². The Balaban J connectivity index is 2.18.